The fourth-order valence-corrected chi connectivity index (χ4v) is 3.02. The summed E-state index contributed by atoms with van der Waals surface area (Å²) in [6.45, 7) is 3.99. The average Bonchev–Trinajstić information content (AvgIpc) is 2.65. The largest absolute Gasteiger partial charge is 0.462 e. The predicted octanol–water partition coefficient (Wildman–Crippen LogP) is 5.18. The molecule has 0 unspecified atom stereocenters. The molecule has 0 aliphatic rings. The Labute approximate surface area is 163 Å². The number of hydrogen-bond acceptors (Lipinski definition) is 5. The molecule has 3 rings (SSSR count). The van der Waals surface area contributed by atoms with E-state index in [-0.39, 0.29) is 0 Å². The van der Waals surface area contributed by atoms with Crippen molar-refractivity contribution < 1.29 is 9.53 Å². The van der Waals surface area contributed by atoms with Crippen LogP contribution < -0.4 is 10.2 Å². The van der Waals surface area contributed by atoms with Crippen molar-refractivity contribution >= 4 is 45.5 Å². The van der Waals surface area contributed by atoms with Gasteiger partial charge in [0, 0.05) is 42.1 Å². The molecule has 0 radical (unpaired) electrons. The molecule has 1 N–H and O–H groups in total. The molecule has 27 heavy (non-hydrogen) atoms. The maximum absolute atomic E-state index is 12.5. The monoisotopic (exact) mass is 383 g/mol. The number of carbonyl (C=O) groups excluding carboxylic acids is 1. The van der Waals surface area contributed by atoms with E-state index in [2.05, 4.69) is 10.3 Å². The van der Waals surface area contributed by atoms with Crippen LogP contribution in [0.5, 0.6) is 0 Å². The fourth-order valence-electron chi connectivity index (χ4n) is 2.87. The molecule has 0 aliphatic heterocycles. The van der Waals surface area contributed by atoms with E-state index in [0.29, 0.717) is 22.9 Å². The quantitative estimate of drug-likeness (QED) is 0.615. The number of nitrogens with zero attached hydrogens (tertiary/aromatic N) is 2. The fraction of sp³-hybridized carbons (Fsp3) is 0.238. The van der Waals surface area contributed by atoms with Gasteiger partial charge in [-0.1, -0.05) is 11.6 Å². The van der Waals surface area contributed by atoms with Crippen molar-refractivity contribution in [3.63, 3.8) is 0 Å². The van der Waals surface area contributed by atoms with E-state index in [4.69, 9.17) is 16.3 Å². The van der Waals surface area contributed by atoms with Crippen molar-refractivity contribution in [1.29, 1.82) is 0 Å². The molecule has 0 saturated carbocycles. The van der Waals surface area contributed by atoms with Gasteiger partial charge in [0.25, 0.3) is 0 Å². The van der Waals surface area contributed by atoms with Gasteiger partial charge < -0.3 is 15.0 Å². The summed E-state index contributed by atoms with van der Waals surface area (Å²) in [4.78, 5) is 18.9. The maximum Gasteiger partial charge on any atom is 0.341 e. The number of halogens is 1. The number of esters is 1. The van der Waals surface area contributed by atoms with Gasteiger partial charge in [-0.25, -0.2) is 4.79 Å². The second-order valence-electron chi connectivity index (χ2n) is 6.40. The number of aryl methyl sites for hydroxylation is 1. The second-order valence-corrected chi connectivity index (χ2v) is 6.81. The molecule has 0 fully saturated rings. The van der Waals surface area contributed by atoms with Gasteiger partial charge in [0.05, 0.1) is 17.8 Å². The molecule has 5 nitrogen and oxygen atoms in total. The van der Waals surface area contributed by atoms with E-state index in [1.165, 1.54) is 0 Å². The van der Waals surface area contributed by atoms with Crippen LogP contribution in [-0.4, -0.2) is 31.7 Å². The number of hydrogen-bond donors (Lipinski definition) is 1. The number of rotatable bonds is 5. The van der Waals surface area contributed by atoms with Crippen molar-refractivity contribution in [2.45, 2.75) is 13.8 Å². The van der Waals surface area contributed by atoms with Crippen LogP contribution >= 0.6 is 11.6 Å². The molecule has 1 aromatic heterocycles. The lowest BCUT2D eigenvalue weighted by molar-refractivity contribution is 0.0527. The van der Waals surface area contributed by atoms with Crippen molar-refractivity contribution in [3.8, 4) is 0 Å². The Kier molecular flexibility index (Phi) is 5.51. The predicted molar refractivity (Wildman–Crippen MR) is 111 cm³/mol. The lowest BCUT2D eigenvalue weighted by atomic mass is 10.1. The summed E-state index contributed by atoms with van der Waals surface area (Å²) >= 11 is 6.24. The van der Waals surface area contributed by atoms with E-state index in [9.17, 15) is 4.79 Å². The summed E-state index contributed by atoms with van der Waals surface area (Å²) in [7, 11) is 3.98. The number of fused-ring (bicyclic) bond motifs is 1. The highest BCUT2D eigenvalue weighted by atomic mass is 35.5. The summed E-state index contributed by atoms with van der Waals surface area (Å²) < 4.78 is 5.21. The summed E-state index contributed by atoms with van der Waals surface area (Å²) in [6, 6.07) is 11.7. The van der Waals surface area contributed by atoms with Crippen LogP contribution in [0.25, 0.3) is 10.9 Å². The summed E-state index contributed by atoms with van der Waals surface area (Å²) in [6.07, 6.45) is 1.54. The standard InChI is InChI=1S/C21H22ClN3O2/c1-5-27-21(26)17-12-23-19-13(2)18(22)11-10-16(19)20(17)24-14-6-8-15(9-7-14)25(3)4/h6-12H,5H2,1-4H3,(H,23,24). The van der Waals surface area contributed by atoms with Crippen molar-refractivity contribution in [2.75, 3.05) is 30.9 Å². The molecule has 6 heteroatoms. The van der Waals surface area contributed by atoms with E-state index >= 15 is 0 Å². The minimum Gasteiger partial charge on any atom is -0.462 e. The third-order valence-corrected chi connectivity index (χ3v) is 4.78. The second kappa shape index (κ2) is 7.84. The molecule has 0 amide bonds. The van der Waals surface area contributed by atoms with Gasteiger partial charge >= 0.3 is 5.97 Å². The molecule has 3 aromatic rings. The van der Waals surface area contributed by atoms with Crippen LogP contribution in [0.4, 0.5) is 17.1 Å². The van der Waals surface area contributed by atoms with Crippen LogP contribution in [0.15, 0.2) is 42.6 Å². The summed E-state index contributed by atoms with van der Waals surface area (Å²) in [5.74, 6) is -0.410. The van der Waals surface area contributed by atoms with Gasteiger partial charge in [0.15, 0.2) is 0 Å². The Morgan fingerprint density at radius 3 is 2.52 bits per heavy atom. The van der Waals surface area contributed by atoms with Gasteiger partial charge in [-0.15, -0.1) is 0 Å². The Balaban J connectivity index is 2.13. The van der Waals surface area contributed by atoms with Gasteiger partial charge in [-0.05, 0) is 55.8 Å². The molecule has 2 aromatic carbocycles. The maximum atomic E-state index is 12.5. The number of nitrogens with one attached hydrogen (secondary N) is 1. The lowest BCUT2D eigenvalue weighted by Crippen LogP contribution is -2.10. The number of benzene rings is 2. The van der Waals surface area contributed by atoms with Crippen molar-refractivity contribution in [1.82, 2.24) is 4.98 Å². The van der Waals surface area contributed by atoms with E-state index < -0.39 is 5.97 Å². The normalized spacial score (nSPS) is 10.7. The van der Waals surface area contributed by atoms with E-state index in [1.807, 2.05) is 62.3 Å². The van der Waals surface area contributed by atoms with Gasteiger partial charge in [-0.2, -0.15) is 0 Å². The molecular weight excluding hydrogens is 362 g/mol. The molecule has 0 spiro atoms. The number of aromatic nitrogens is 1. The van der Waals surface area contributed by atoms with Crippen molar-refractivity contribution in [2.24, 2.45) is 0 Å². The molecular formula is C21H22ClN3O2. The first-order valence-electron chi connectivity index (χ1n) is 8.71. The summed E-state index contributed by atoms with van der Waals surface area (Å²) in [5.41, 5.74) is 4.64. The first-order valence-corrected chi connectivity index (χ1v) is 9.09. The van der Waals surface area contributed by atoms with Crippen LogP contribution in [0.2, 0.25) is 5.02 Å². The molecule has 0 bridgehead atoms. The zero-order valence-electron chi connectivity index (χ0n) is 15.8. The first kappa shape index (κ1) is 19.0. The number of carbonyl (C=O) groups is 1. The first-order chi connectivity index (χ1) is 12.9. The highest BCUT2D eigenvalue weighted by Gasteiger charge is 2.18. The van der Waals surface area contributed by atoms with Gasteiger partial charge in [-0.3, -0.25) is 4.98 Å². The summed E-state index contributed by atoms with van der Waals surface area (Å²) in [5, 5.41) is 4.82. The van der Waals surface area contributed by atoms with Crippen molar-refractivity contribution in [3.05, 3.63) is 58.7 Å². The topological polar surface area (TPSA) is 54.5 Å². The highest BCUT2D eigenvalue weighted by Crippen LogP contribution is 2.33. The zero-order valence-corrected chi connectivity index (χ0v) is 16.6. The minimum absolute atomic E-state index is 0.299. The molecule has 140 valence electrons. The Morgan fingerprint density at radius 1 is 1.19 bits per heavy atom. The average molecular weight is 384 g/mol. The smallest absolute Gasteiger partial charge is 0.341 e. The SMILES string of the molecule is CCOC(=O)c1cnc2c(C)c(Cl)ccc2c1Nc1ccc(N(C)C)cc1. The van der Waals surface area contributed by atoms with Crippen LogP contribution in [0.3, 0.4) is 0 Å². The van der Waals surface area contributed by atoms with Crippen LogP contribution in [-0.2, 0) is 4.74 Å². The number of pyridine rings is 1. The molecule has 0 saturated heterocycles. The lowest BCUT2D eigenvalue weighted by Gasteiger charge is -2.17. The minimum atomic E-state index is -0.410. The van der Waals surface area contributed by atoms with Crippen LogP contribution in [0.1, 0.15) is 22.8 Å². The van der Waals surface area contributed by atoms with E-state index in [0.717, 1.165) is 27.8 Å². The third kappa shape index (κ3) is 3.83. The highest BCUT2D eigenvalue weighted by molar-refractivity contribution is 6.32. The Morgan fingerprint density at radius 2 is 1.89 bits per heavy atom. The van der Waals surface area contributed by atoms with Gasteiger partial charge in [0.2, 0.25) is 0 Å². The molecule has 0 atom stereocenters. The van der Waals surface area contributed by atoms with E-state index in [1.54, 1.807) is 13.1 Å². The number of anilines is 3. The Hall–Kier alpha value is -2.79. The van der Waals surface area contributed by atoms with Gasteiger partial charge in [0.1, 0.15) is 5.56 Å². The third-order valence-electron chi connectivity index (χ3n) is 4.37. The molecule has 1 heterocycles. The number of ether oxygens (including phenoxy) is 1. The zero-order chi connectivity index (χ0) is 19.6. The molecule has 0 aliphatic carbocycles. The van der Waals surface area contributed by atoms with Crippen LogP contribution in [0, 0.1) is 6.92 Å². The Bertz CT molecular complexity index is 985.